The van der Waals surface area contributed by atoms with Crippen LogP contribution in [0.1, 0.15) is 64.6 Å². The highest BCUT2D eigenvalue weighted by Crippen LogP contribution is 2.32. The molecule has 0 fully saturated rings. The van der Waals surface area contributed by atoms with Gasteiger partial charge in [-0.05, 0) is 36.8 Å². The molecule has 0 heterocycles. The second-order valence-electron chi connectivity index (χ2n) is 7.32. The summed E-state index contributed by atoms with van der Waals surface area (Å²) in [5.41, 5.74) is 9.25. The number of aliphatic carboxylic acids is 1. The molecule has 2 aromatic carbocycles. The molecule has 1 atom stereocenters. The van der Waals surface area contributed by atoms with Gasteiger partial charge < -0.3 is 27.0 Å². The van der Waals surface area contributed by atoms with Crippen LogP contribution in [0, 0.1) is 0 Å². The number of carboxylic acid groups (broad SMARTS) is 2. The Hall–Kier alpha value is -4.42. The molecule has 1 unspecified atom stereocenters. The van der Waals surface area contributed by atoms with Gasteiger partial charge >= 0.3 is 18.1 Å². The number of benzene rings is 2. The van der Waals surface area contributed by atoms with Crippen molar-refractivity contribution < 1.29 is 42.6 Å². The number of carbonyl (C=O) groups excluding carboxylic acids is 2. The summed E-state index contributed by atoms with van der Waals surface area (Å²) in [6.07, 6.45) is -4.72. The Morgan fingerprint density at radius 2 is 1.67 bits per heavy atom. The number of nitrogens with one attached hydrogen (secondary N) is 1. The van der Waals surface area contributed by atoms with Gasteiger partial charge in [-0.15, -0.1) is 0 Å². The van der Waals surface area contributed by atoms with Crippen LogP contribution in [0.15, 0.2) is 47.5 Å². The number of halogens is 3. The highest BCUT2D eigenvalue weighted by molar-refractivity contribution is 5.95. The minimum absolute atomic E-state index is 0.00912. The lowest BCUT2D eigenvalue weighted by Gasteiger charge is -2.18. The number of guanidine groups is 1. The zero-order chi connectivity index (χ0) is 27.6. The first-order valence-electron chi connectivity index (χ1n) is 10.3. The van der Waals surface area contributed by atoms with Gasteiger partial charge in [0, 0.05) is 12.0 Å². The molecule has 0 bridgehead atoms. The molecular formula is C23H25F3N4O6. The fourth-order valence-electron chi connectivity index (χ4n) is 2.90. The topological polar surface area (TPSA) is 185 Å². The minimum Gasteiger partial charge on any atom is -0.481 e. The summed E-state index contributed by atoms with van der Waals surface area (Å²) in [4.78, 5) is 47.9. The average molecular weight is 510 g/mol. The molecule has 0 spiro atoms. The van der Waals surface area contributed by atoms with E-state index in [0.29, 0.717) is 5.56 Å². The Kier molecular flexibility index (Phi) is 10.6. The molecule has 0 saturated carbocycles. The molecule has 0 aliphatic rings. The van der Waals surface area contributed by atoms with E-state index in [1.165, 1.54) is 18.2 Å². The SMILES string of the molecule is CC(=O)c1cc(N=C(N)N)cc(C(F)(F)F)c1.CCC(=O)NC(CC(=O)O)c1ccccc1C(=O)O. The molecule has 1 amide bonds. The van der Waals surface area contributed by atoms with Gasteiger partial charge in [0.1, 0.15) is 0 Å². The van der Waals surface area contributed by atoms with Crippen molar-refractivity contribution in [3.8, 4) is 0 Å². The Morgan fingerprint density at radius 1 is 1.06 bits per heavy atom. The smallest absolute Gasteiger partial charge is 0.416 e. The standard InChI is InChI=1S/C13H15NO5.C10H10F3N3O/c1-2-11(15)14-10(7-12(16)17)8-5-3-4-6-9(8)13(18)19;1-5(17)6-2-7(10(11,12)13)4-8(3-6)16-9(14)15/h3-6,10H,2,7H2,1H3,(H,14,15)(H,16,17)(H,18,19);2-4H,1H3,(H4,14,15,16). The summed E-state index contributed by atoms with van der Waals surface area (Å²) in [7, 11) is 0. The molecule has 0 aliphatic heterocycles. The lowest BCUT2D eigenvalue weighted by atomic mass is 9.97. The number of aromatic carboxylic acids is 1. The molecule has 10 nitrogen and oxygen atoms in total. The third kappa shape index (κ3) is 9.44. The average Bonchev–Trinajstić information content (AvgIpc) is 2.77. The van der Waals surface area contributed by atoms with Crippen LogP contribution in [0.2, 0.25) is 0 Å². The number of aliphatic imine (C=N–C) groups is 1. The third-order valence-corrected chi connectivity index (χ3v) is 4.51. The quantitative estimate of drug-likeness (QED) is 0.203. The Bertz CT molecular complexity index is 1160. The van der Waals surface area contributed by atoms with Crippen molar-refractivity contribution in [2.75, 3.05) is 0 Å². The summed E-state index contributed by atoms with van der Waals surface area (Å²) in [6.45, 7) is 2.80. The number of Topliss-reactive ketones (excluding diaryl/α,β-unsaturated/α-hetero) is 1. The number of carbonyl (C=O) groups is 4. The molecule has 2 aromatic rings. The van der Waals surface area contributed by atoms with Crippen LogP contribution in [0.4, 0.5) is 18.9 Å². The number of rotatable bonds is 8. The summed E-state index contributed by atoms with van der Waals surface area (Å²) < 4.78 is 37.6. The second kappa shape index (κ2) is 12.9. The van der Waals surface area contributed by atoms with E-state index >= 15 is 0 Å². The molecule has 7 N–H and O–H groups in total. The maximum absolute atomic E-state index is 12.5. The van der Waals surface area contributed by atoms with Crippen molar-refractivity contribution in [2.45, 2.75) is 38.9 Å². The van der Waals surface area contributed by atoms with Crippen LogP contribution < -0.4 is 16.8 Å². The number of hydrogen-bond donors (Lipinski definition) is 5. The highest BCUT2D eigenvalue weighted by atomic mass is 19.4. The lowest BCUT2D eigenvalue weighted by Crippen LogP contribution is -2.30. The van der Waals surface area contributed by atoms with Crippen LogP contribution >= 0.6 is 0 Å². The van der Waals surface area contributed by atoms with Crippen LogP contribution in [-0.2, 0) is 15.8 Å². The Labute approximate surface area is 203 Å². The zero-order valence-electron chi connectivity index (χ0n) is 19.3. The monoisotopic (exact) mass is 510 g/mol. The highest BCUT2D eigenvalue weighted by Gasteiger charge is 2.31. The van der Waals surface area contributed by atoms with E-state index in [4.69, 9.17) is 21.7 Å². The molecule has 194 valence electrons. The number of carboxylic acids is 2. The maximum atomic E-state index is 12.5. The van der Waals surface area contributed by atoms with Crippen molar-refractivity contribution in [3.63, 3.8) is 0 Å². The van der Waals surface area contributed by atoms with E-state index in [9.17, 15) is 32.3 Å². The van der Waals surface area contributed by atoms with Gasteiger partial charge in [-0.25, -0.2) is 9.79 Å². The van der Waals surface area contributed by atoms with Crippen molar-refractivity contribution in [3.05, 3.63) is 64.7 Å². The molecule has 2 rings (SSSR count). The number of nitrogens with zero attached hydrogens (tertiary/aromatic N) is 1. The zero-order valence-corrected chi connectivity index (χ0v) is 19.3. The van der Waals surface area contributed by atoms with Gasteiger partial charge in [-0.1, -0.05) is 25.1 Å². The van der Waals surface area contributed by atoms with Gasteiger partial charge in [0.2, 0.25) is 5.91 Å². The van der Waals surface area contributed by atoms with E-state index in [0.717, 1.165) is 19.1 Å². The van der Waals surface area contributed by atoms with Crippen molar-refractivity contribution in [2.24, 2.45) is 16.5 Å². The van der Waals surface area contributed by atoms with Crippen LogP contribution in [0.25, 0.3) is 0 Å². The van der Waals surface area contributed by atoms with Crippen molar-refractivity contribution in [1.29, 1.82) is 0 Å². The molecule has 0 aromatic heterocycles. The van der Waals surface area contributed by atoms with Gasteiger partial charge in [-0.2, -0.15) is 13.2 Å². The van der Waals surface area contributed by atoms with Crippen LogP contribution in [0.3, 0.4) is 0 Å². The number of hydrogen-bond acceptors (Lipinski definition) is 5. The largest absolute Gasteiger partial charge is 0.481 e. The fourth-order valence-corrected chi connectivity index (χ4v) is 2.90. The van der Waals surface area contributed by atoms with Crippen LogP contribution in [-0.4, -0.2) is 39.8 Å². The molecule has 0 aliphatic carbocycles. The van der Waals surface area contributed by atoms with Gasteiger partial charge in [0.05, 0.1) is 29.3 Å². The molecule has 0 radical (unpaired) electrons. The van der Waals surface area contributed by atoms with Gasteiger partial charge in [0.15, 0.2) is 11.7 Å². The fraction of sp³-hybridized carbons (Fsp3) is 0.261. The molecular weight excluding hydrogens is 485 g/mol. The van der Waals surface area contributed by atoms with E-state index in [-0.39, 0.29) is 41.5 Å². The summed E-state index contributed by atoms with van der Waals surface area (Å²) in [6, 6.07) is 7.91. The molecule has 36 heavy (non-hydrogen) atoms. The number of nitrogens with two attached hydrogens (primary N) is 2. The minimum atomic E-state index is -4.56. The van der Waals surface area contributed by atoms with E-state index in [1.807, 2.05) is 0 Å². The Balaban J connectivity index is 0.000000362. The first-order valence-corrected chi connectivity index (χ1v) is 10.3. The van der Waals surface area contributed by atoms with Crippen molar-refractivity contribution in [1.82, 2.24) is 5.32 Å². The predicted molar refractivity (Wildman–Crippen MR) is 124 cm³/mol. The number of alkyl halides is 3. The number of ketones is 1. The summed E-state index contributed by atoms with van der Waals surface area (Å²) in [5, 5.41) is 20.5. The first kappa shape index (κ1) is 29.6. The summed E-state index contributed by atoms with van der Waals surface area (Å²) in [5.74, 6) is -3.47. The molecule has 13 heteroatoms. The first-order chi connectivity index (χ1) is 16.6. The normalized spacial score (nSPS) is 11.4. The van der Waals surface area contributed by atoms with Gasteiger partial charge in [-0.3, -0.25) is 14.4 Å². The summed E-state index contributed by atoms with van der Waals surface area (Å²) >= 11 is 0. The second-order valence-corrected chi connectivity index (χ2v) is 7.32. The Morgan fingerprint density at radius 3 is 2.14 bits per heavy atom. The predicted octanol–water partition coefficient (Wildman–Crippen LogP) is 3.24. The van der Waals surface area contributed by atoms with E-state index in [2.05, 4.69) is 10.3 Å². The van der Waals surface area contributed by atoms with Crippen molar-refractivity contribution >= 4 is 35.3 Å². The van der Waals surface area contributed by atoms with E-state index < -0.39 is 35.5 Å². The third-order valence-electron chi connectivity index (χ3n) is 4.51. The number of amides is 1. The lowest BCUT2D eigenvalue weighted by molar-refractivity contribution is -0.138. The van der Waals surface area contributed by atoms with Gasteiger partial charge in [0.25, 0.3) is 0 Å². The van der Waals surface area contributed by atoms with E-state index in [1.54, 1.807) is 19.1 Å². The maximum Gasteiger partial charge on any atom is 0.416 e. The molecule has 0 saturated heterocycles. The van der Waals surface area contributed by atoms with Crippen LogP contribution in [0.5, 0.6) is 0 Å².